The van der Waals surface area contributed by atoms with E-state index in [0.29, 0.717) is 32.5 Å². The minimum Gasteiger partial charge on any atom is -0.379 e. The maximum atomic E-state index is 8.01. The van der Waals surface area contributed by atoms with Gasteiger partial charge in [-0.3, -0.25) is 0 Å². The summed E-state index contributed by atoms with van der Waals surface area (Å²) >= 11 is 0. The molecule has 0 unspecified atom stereocenters. The SMILES string of the molecule is [N-]=[N+]=NCCOCCOC1CCNCC1. The van der Waals surface area contributed by atoms with Gasteiger partial charge in [0.25, 0.3) is 0 Å². The van der Waals surface area contributed by atoms with Gasteiger partial charge in [0.15, 0.2) is 0 Å². The van der Waals surface area contributed by atoms with Gasteiger partial charge < -0.3 is 14.8 Å². The lowest BCUT2D eigenvalue weighted by Gasteiger charge is -2.22. The molecule has 0 aromatic rings. The molecule has 1 aliphatic heterocycles. The van der Waals surface area contributed by atoms with E-state index >= 15 is 0 Å². The van der Waals surface area contributed by atoms with Crippen LogP contribution in [-0.2, 0) is 9.47 Å². The van der Waals surface area contributed by atoms with Crippen LogP contribution in [0.4, 0.5) is 0 Å². The first-order valence-corrected chi connectivity index (χ1v) is 5.34. The van der Waals surface area contributed by atoms with Gasteiger partial charge in [0, 0.05) is 11.5 Å². The summed E-state index contributed by atoms with van der Waals surface area (Å²) in [6.07, 6.45) is 2.55. The van der Waals surface area contributed by atoms with Crippen molar-refractivity contribution in [1.82, 2.24) is 5.32 Å². The van der Waals surface area contributed by atoms with E-state index in [1.807, 2.05) is 0 Å². The number of hydrogen-bond acceptors (Lipinski definition) is 4. The molecule has 0 aromatic carbocycles. The van der Waals surface area contributed by atoms with Gasteiger partial charge in [-0.2, -0.15) is 0 Å². The monoisotopic (exact) mass is 214 g/mol. The lowest BCUT2D eigenvalue weighted by atomic mass is 10.1. The summed E-state index contributed by atoms with van der Waals surface area (Å²) in [6.45, 7) is 4.15. The van der Waals surface area contributed by atoms with E-state index in [4.69, 9.17) is 15.0 Å². The number of azide groups is 1. The first-order chi connectivity index (χ1) is 7.43. The fraction of sp³-hybridized carbons (Fsp3) is 1.00. The van der Waals surface area contributed by atoms with Crippen molar-refractivity contribution in [2.75, 3.05) is 39.5 Å². The van der Waals surface area contributed by atoms with Crippen LogP contribution in [0.5, 0.6) is 0 Å². The molecule has 1 heterocycles. The molecule has 1 N–H and O–H groups in total. The summed E-state index contributed by atoms with van der Waals surface area (Å²) in [5, 5.41) is 6.65. The van der Waals surface area contributed by atoms with Gasteiger partial charge in [-0.05, 0) is 31.5 Å². The molecule has 1 saturated heterocycles. The fourth-order valence-electron chi connectivity index (χ4n) is 1.49. The average molecular weight is 214 g/mol. The van der Waals surface area contributed by atoms with Gasteiger partial charge in [0.2, 0.25) is 0 Å². The van der Waals surface area contributed by atoms with Crippen molar-refractivity contribution in [3.63, 3.8) is 0 Å². The maximum absolute atomic E-state index is 8.01. The smallest absolute Gasteiger partial charge is 0.0704 e. The highest BCUT2D eigenvalue weighted by Gasteiger charge is 2.12. The van der Waals surface area contributed by atoms with Crippen LogP contribution in [0.25, 0.3) is 10.4 Å². The molecule has 0 aromatic heterocycles. The van der Waals surface area contributed by atoms with Crippen molar-refractivity contribution in [2.24, 2.45) is 5.11 Å². The van der Waals surface area contributed by atoms with Gasteiger partial charge in [-0.1, -0.05) is 5.11 Å². The number of nitrogens with zero attached hydrogens (tertiary/aromatic N) is 3. The number of piperidine rings is 1. The second-order valence-corrected chi connectivity index (χ2v) is 3.39. The van der Waals surface area contributed by atoms with Crippen molar-refractivity contribution in [1.29, 1.82) is 0 Å². The Morgan fingerprint density at radius 1 is 1.27 bits per heavy atom. The van der Waals surface area contributed by atoms with Crippen molar-refractivity contribution in [3.05, 3.63) is 10.4 Å². The molecule has 15 heavy (non-hydrogen) atoms. The van der Waals surface area contributed by atoms with E-state index in [2.05, 4.69) is 15.3 Å². The normalized spacial score (nSPS) is 17.3. The summed E-state index contributed by atoms with van der Waals surface area (Å²) < 4.78 is 10.8. The van der Waals surface area contributed by atoms with Crippen LogP contribution in [0.15, 0.2) is 5.11 Å². The second kappa shape index (κ2) is 8.49. The minimum atomic E-state index is 0.381. The molecule has 0 amide bonds. The van der Waals surface area contributed by atoms with E-state index in [1.165, 1.54) is 0 Å². The predicted octanol–water partition coefficient (Wildman–Crippen LogP) is 1.08. The van der Waals surface area contributed by atoms with Crippen LogP contribution >= 0.6 is 0 Å². The number of ether oxygens (including phenoxy) is 2. The minimum absolute atomic E-state index is 0.381. The molecule has 0 bridgehead atoms. The summed E-state index contributed by atoms with van der Waals surface area (Å²) in [4.78, 5) is 2.63. The Bertz CT molecular complexity index is 200. The van der Waals surface area contributed by atoms with Gasteiger partial charge in [-0.15, -0.1) is 0 Å². The van der Waals surface area contributed by atoms with Gasteiger partial charge >= 0.3 is 0 Å². The van der Waals surface area contributed by atoms with Crippen LogP contribution in [0.2, 0.25) is 0 Å². The van der Waals surface area contributed by atoms with Crippen LogP contribution in [0.1, 0.15) is 12.8 Å². The number of rotatable bonds is 7. The Morgan fingerprint density at radius 2 is 2.07 bits per heavy atom. The highest BCUT2D eigenvalue weighted by molar-refractivity contribution is 4.67. The van der Waals surface area contributed by atoms with Crippen molar-refractivity contribution < 1.29 is 9.47 Å². The van der Waals surface area contributed by atoms with Gasteiger partial charge in [0.1, 0.15) is 0 Å². The summed E-state index contributed by atoms with van der Waals surface area (Å²) in [5.74, 6) is 0. The third-order valence-electron chi connectivity index (χ3n) is 2.27. The zero-order valence-corrected chi connectivity index (χ0v) is 8.89. The van der Waals surface area contributed by atoms with Gasteiger partial charge in [-0.25, -0.2) is 0 Å². The first kappa shape index (κ1) is 12.3. The molecule has 1 rings (SSSR count). The molecule has 86 valence electrons. The summed E-state index contributed by atoms with van der Waals surface area (Å²) in [6, 6.07) is 0. The molecule has 6 heteroatoms. The number of nitrogens with one attached hydrogen (secondary N) is 1. The molecule has 0 saturated carbocycles. The Balaban J connectivity index is 1.85. The molecule has 0 radical (unpaired) electrons. The topological polar surface area (TPSA) is 79.3 Å². The fourth-order valence-corrected chi connectivity index (χ4v) is 1.49. The Morgan fingerprint density at radius 3 is 2.80 bits per heavy atom. The predicted molar refractivity (Wildman–Crippen MR) is 56.7 cm³/mol. The zero-order valence-electron chi connectivity index (χ0n) is 8.89. The molecular weight excluding hydrogens is 196 g/mol. The Hall–Kier alpha value is -0.810. The molecular formula is C9H18N4O2. The molecule has 0 aliphatic carbocycles. The van der Waals surface area contributed by atoms with Crippen molar-refractivity contribution >= 4 is 0 Å². The second-order valence-electron chi connectivity index (χ2n) is 3.39. The van der Waals surface area contributed by atoms with Crippen LogP contribution in [0.3, 0.4) is 0 Å². The third-order valence-corrected chi connectivity index (χ3v) is 2.27. The van der Waals surface area contributed by atoms with E-state index < -0.39 is 0 Å². The third kappa shape index (κ3) is 6.30. The van der Waals surface area contributed by atoms with E-state index in [0.717, 1.165) is 25.9 Å². The lowest BCUT2D eigenvalue weighted by Crippen LogP contribution is -2.33. The van der Waals surface area contributed by atoms with E-state index in [9.17, 15) is 0 Å². The van der Waals surface area contributed by atoms with Crippen LogP contribution < -0.4 is 5.32 Å². The van der Waals surface area contributed by atoms with Crippen molar-refractivity contribution in [3.8, 4) is 0 Å². The largest absolute Gasteiger partial charge is 0.379 e. The number of hydrogen-bond donors (Lipinski definition) is 1. The molecule has 0 spiro atoms. The van der Waals surface area contributed by atoms with Crippen molar-refractivity contribution in [2.45, 2.75) is 18.9 Å². The van der Waals surface area contributed by atoms with Gasteiger partial charge in [0.05, 0.1) is 25.9 Å². The highest BCUT2D eigenvalue weighted by atomic mass is 16.5. The molecule has 6 nitrogen and oxygen atoms in total. The standard InChI is InChI=1S/C9H18N4O2/c10-13-12-5-6-14-7-8-15-9-1-3-11-4-2-9/h9,11H,1-8H2. The Kier molecular flexibility index (Phi) is 6.94. The zero-order chi connectivity index (χ0) is 10.8. The Labute approximate surface area is 89.6 Å². The average Bonchev–Trinajstić information content (AvgIpc) is 2.29. The first-order valence-electron chi connectivity index (χ1n) is 5.34. The summed E-state index contributed by atoms with van der Waals surface area (Å²) in [5.41, 5.74) is 8.01. The van der Waals surface area contributed by atoms with Crippen LogP contribution in [0, 0.1) is 0 Å². The molecule has 1 aliphatic rings. The lowest BCUT2D eigenvalue weighted by molar-refractivity contribution is -0.00574. The van der Waals surface area contributed by atoms with E-state index in [-0.39, 0.29) is 0 Å². The maximum Gasteiger partial charge on any atom is 0.0704 e. The molecule has 0 atom stereocenters. The quantitative estimate of drug-likeness (QED) is 0.298. The summed E-state index contributed by atoms with van der Waals surface area (Å²) in [7, 11) is 0. The van der Waals surface area contributed by atoms with E-state index in [1.54, 1.807) is 0 Å². The molecule has 1 fully saturated rings. The highest BCUT2D eigenvalue weighted by Crippen LogP contribution is 2.06. The van der Waals surface area contributed by atoms with Crippen LogP contribution in [-0.4, -0.2) is 45.6 Å².